The molecule has 1 fully saturated rings. The first-order valence-corrected chi connectivity index (χ1v) is 6.73. The minimum absolute atomic E-state index is 0.141. The highest BCUT2D eigenvalue weighted by Crippen LogP contribution is 2.22. The highest BCUT2D eigenvalue weighted by molar-refractivity contribution is 5.88. The van der Waals surface area contributed by atoms with E-state index in [4.69, 9.17) is 5.11 Å². The van der Waals surface area contributed by atoms with Gasteiger partial charge in [0, 0.05) is 24.8 Å². The molecule has 2 rings (SSSR count). The highest BCUT2D eigenvalue weighted by Gasteiger charge is 2.40. The molecule has 0 aromatic heterocycles. The van der Waals surface area contributed by atoms with Crippen LogP contribution in [0, 0.1) is 0 Å². The van der Waals surface area contributed by atoms with Crippen molar-refractivity contribution >= 4 is 17.6 Å². The van der Waals surface area contributed by atoms with Crippen LogP contribution in [0.15, 0.2) is 24.3 Å². The fourth-order valence-corrected chi connectivity index (χ4v) is 2.41. The third kappa shape index (κ3) is 3.90. The van der Waals surface area contributed by atoms with Crippen LogP contribution in [0.1, 0.15) is 23.2 Å². The third-order valence-corrected chi connectivity index (χ3v) is 3.49. The molecule has 1 saturated heterocycles. The molecule has 0 radical (unpaired) electrons. The minimum Gasteiger partial charge on any atom is -0.478 e. The van der Waals surface area contributed by atoms with Crippen LogP contribution in [-0.4, -0.2) is 42.3 Å². The second-order valence-corrected chi connectivity index (χ2v) is 5.11. The lowest BCUT2D eigenvalue weighted by Gasteiger charge is -2.34. The Labute approximate surface area is 124 Å². The molecule has 22 heavy (non-hydrogen) atoms. The summed E-state index contributed by atoms with van der Waals surface area (Å²) in [5.41, 5.74) is 0.860. The molecule has 1 amide bonds. The quantitative estimate of drug-likeness (QED) is 0.895. The standard InChI is InChI=1S/C14H15F3N2O3/c15-14(16,17)13(22)18-10-2-1-7-19(8-10)11-5-3-9(4-6-11)12(20)21/h3-6,10H,1-2,7-8H2,(H,18,22)(H,20,21). The number of carbonyl (C=O) groups is 2. The van der Waals surface area contributed by atoms with E-state index in [1.165, 1.54) is 12.1 Å². The number of carboxylic acid groups (broad SMARTS) is 1. The Bertz CT molecular complexity index is 557. The Morgan fingerprint density at radius 3 is 2.41 bits per heavy atom. The Morgan fingerprint density at radius 2 is 1.86 bits per heavy atom. The first-order chi connectivity index (χ1) is 10.3. The molecule has 2 N–H and O–H groups in total. The van der Waals surface area contributed by atoms with E-state index in [1.807, 2.05) is 10.2 Å². The zero-order valence-corrected chi connectivity index (χ0v) is 11.6. The lowest BCUT2D eigenvalue weighted by molar-refractivity contribution is -0.174. The van der Waals surface area contributed by atoms with Crippen molar-refractivity contribution < 1.29 is 27.9 Å². The average Bonchev–Trinajstić information content (AvgIpc) is 2.46. The van der Waals surface area contributed by atoms with E-state index in [-0.39, 0.29) is 12.1 Å². The largest absolute Gasteiger partial charge is 0.478 e. The third-order valence-electron chi connectivity index (χ3n) is 3.49. The molecular weight excluding hydrogens is 301 g/mol. The predicted molar refractivity (Wildman–Crippen MR) is 72.8 cm³/mol. The van der Waals surface area contributed by atoms with Crippen LogP contribution in [0.3, 0.4) is 0 Å². The molecule has 0 aliphatic carbocycles. The Kier molecular flexibility index (Phi) is 4.58. The number of hydrogen-bond acceptors (Lipinski definition) is 3. The number of benzene rings is 1. The van der Waals surface area contributed by atoms with E-state index < -0.39 is 24.1 Å². The summed E-state index contributed by atoms with van der Waals surface area (Å²) in [6.45, 7) is 0.902. The molecule has 8 heteroatoms. The van der Waals surface area contributed by atoms with Gasteiger partial charge in [-0.2, -0.15) is 13.2 Å². The number of carboxylic acids is 1. The van der Waals surface area contributed by atoms with Gasteiger partial charge in [0.15, 0.2) is 0 Å². The lowest BCUT2D eigenvalue weighted by atomic mass is 10.0. The summed E-state index contributed by atoms with van der Waals surface area (Å²) < 4.78 is 36.8. The summed E-state index contributed by atoms with van der Waals surface area (Å²) in [6.07, 6.45) is -3.76. The Hall–Kier alpha value is -2.25. The number of nitrogens with zero attached hydrogens (tertiary/aromatic N) is 1. The maximum Gasteiger partial charge on any atom is 0.471 e. The van der Waals surface area contributed by atoms with Crippen LogP contribution < -0.4 is 10.2 Å². The monoisotopic (exact) mass is 316 g/mol. The van der Waals surface area contributed by atoms with Gasteiger partial charge in [-0.15, -0.1) is 0 Å². The summed E-state index contributed by atoms with van der Waals surface area (Å²) in [5, 5.41) is 10.8. The average molecular weight is 316 g/mol. The fourth-order valence-electron chi connectivity index (χ4n) is 2.41. The summed E-state index contributed by atoms with van der Waals surface area (Å²) >= 11 is 0. The molecule has 1 aliphatic heterocycles. The van der Waals surface area contributed by atoms with E-state index in [1.54, 1.807) is 12.1 Å². The fraction of sp³-hybridized carbons (Fsp3) is 0.429. The zero-order chi connectivity index (χ0) is 16.3. The number of carbonyl (C=O) groups excluding carboxylic acids is 1. The highest BCUT2D eigenvalue weighted by atomic mass is 19.4. The Balaban J connectivity index is 2.01. The van der Waals surface area contributed by atoms with Crippen LogP contribution in [-0.2, 0) is 4.79 Å². The van der Waals surface area contributed by atoms with Gasteiger partial charge in [-0.25, -0.2) is 4.79 Å². The van der Waals surface area contributed by atoms with Gasteiger partial charge >= 0.3 is 18.1 Å². The van der Waals surface area contributed by atoms with Crippen molar-refractivity contribution in [3.8, 4) is 0 Å². The summed E-state index contributed by atoms with van der Waals surface area (Å²) in [7, 11) is 0. The second kappa shape index (κ2) is 6.25. The number of amides is 1. The smallest absolute Gasteiger partial charge is 0.471 e. The molecule has 1 unspecified atom stereocenters. The van der Waals surface area contributed by atoms with Crippen LogP contribution in [0.25, 0.3) is 0 Å². The van der Waals surface area contributed by atoms with Crippen molar-refractivity contribution in [2.45, 2.75) is 25.1 Å². The number of halogens is 3. The predicted octanol–water partition coefficient (Wildman–Crippen LogP) is 2.03. The number of rotatable bonds is 3. The number of alkyl halides is 3. The minimum atomic E-state index is -4.88. The van der Waals surface area contributed by atoms with E-state index in [2.05, 4.69) is 0 Å². The zero-order valence-electron chi connectivity index (χ0n) is 11.6. The molecule has 120 valence electrons. The van der Waals surface area contributed by atoms with Crippen molar-refractivity contribution in [2.24, 2.45) is 0 Å². The van der Waals surface area contributed by atoms with Crippen LogP contribution >= 0.6 is 0 Å². The molecule has 1 heterocycles. The van der Waals surface area contributed by atoms with E-state index >= 15 is 0 Å². The summed E-state index contributed by atoms with van der Waals surface area (Å²) in [5.74, 6) is -2.97. The van der Waals surface area contributed by atoms with Gasteiger partial charge < -0.3 is 15.3 Å². The van der Waals surface area contributed by atoms with Gasteiger partial charge in [0.2, 0.25) is 0 Å². The second-order valence-electron chi connectivity index (χ2n) is 5.11. The lowest BCUT2D eigenvalue weighted by Crippen LogP contribution is -2.51. The van der Waals surface area contributed by atoms with E-state index in [0.29, 0.717) is 19.4 Å². The number of nitrogens with one attached hydrogen (secondary N) is 1. The van der Waals surface area contributed by atoms with Gasteiger partial charge in [0.1, 0.15) is 0 Å². The summed E-state index contributed by atoms with van der Waals surface area (Å²) in [6, 6.07) is 5.52. The molecule has 5 nitrogen and oxygen atoms in total. The topological polar surface area (TPSA) is 69.6 Å². The Morgan fingerprint density at radius 1 is 1.23 bits per heavy atom. The van der Waals surface area contributed by atoms with Crippen molar-refractivity contribution in [1.82, 2.24) is 5.32 Å². The number of hydrogen-bond donors (Lipinski definition) is 2. The molecule has 1 aliphatic rings. The van der Waals surface area contributed by atoms with Crippen molar-refractivity contribution in [3.63, 3.8) is 0 Å². The maximum absolute atomic E-state index is 12.3. The van der Waals surface area contributed by atoms with Gasteiger partial charge in [0.05, 0.1) is 5.56 Å². The van der Waals surface area contributed by atoms with Gasteiger partial charge in [-0.05, 0) is 37.1 Å². The number of aromatic carboxylic acids is 1. The van der Waals surface area contributed by atoms with Crippen molar-refractivity contribution in [3.05, 3.63) is 29.8 Å². The van der Waals surface area contributed by atoms with Crippen LogP contribution in [0.5, 0.6) is 0 Å². The molecule has 0 spiro atoms. The van der Waals surface area contributed by atoms with E-state index in [9.17, 15) is 22.8 Å². The number of anilines is 1. The molecule has 0 saturated carbocycles. The van der Waals surface area contributed by atoms with Gasteiger partial charge in [0.25, 0.3) is 0 Å². The molecule has 1 aromatic carbocycles. The molecule has 1 atom stereocenters. The van der Waals surface area contributed by atoms with E-state index in [0.717, 1.165) is 5.69 Å². The van der Waals surface area contributed by atoms with Crippen molar-refractivity contribution in [1.29, 1.82) is 0 Å². The van der Waals surface area contributed by atoms with Crippen LogP contribution in [0.4, 0.5) is 18.9 Å². The van der Waals surface area contributed by atoms with Crippen LogP contribution in [0.2, 0.25) is 0 Å². The number of piperidine rings is 1. The molecule has 1 aromatic rings. The molecular formula is C14H15F3N2O3. The molecule has 0 bridgehead atoms. The van der Waals surface area contributed by atoms with Crippen molar-refractivity contribution in [2.75, 3.05) is 18.0 Å². The van der Waals surface area contributed by atoms with Gasteiger partial charge in [-0.3, -0.25) is 4.79 Å². The summed E-state index contributed by atoms with van der Waals surface area (Å²) in [4.78, 5) is 23.6. The first-order valence-electron chi connectivity index (χ1n) is 6.73. The SMILES string of the molecule is O=C(O)c1ccc(N2CCCC(NC(=O)C(F)(F)F)C2)cc1. The normalized spacial score (nSPS) is 18.9. The van der Waals surface area contributed by atoms with Gasteiger partial charge in [-0.1, -0.05) is 0 Å². The maximum atomic E-state index is 12.3. The first kappa shape index (κ1) is 16.1.